The average Bonchev–Trinajstić information content (AvgIpc) is 3.09. The maximum Gasteiger partial charge on any atom is 0.277 e. The molecule has 6 heteroatoms. The van der Waals surface area contributed by atoms with Gasteiger partial charge < -0.3 is 9.15 Å². The minimum absolute atomic E-state index is 0.0248. The standard InChI is InChI=1S/C17H14N2O3S/c1-21-14-9-5-8-13(10-14)16-18-19-17(22-16)23-11-15(20)12-6-3-2-4-7-12/h2-10H,11H2,1H3. The molecule has 0 N–H and O–H groups in total. The zero-order chi connectivity index (χ0) is 16.1. The fraction of sp³-hybridized carbons (Fsp3) is 0.118. The zero-order valence-electron chi connectivity index (χ0n) is 12.4. The first-order chi connectivity index (χ1) is 11.3. The van der Waals surface area contributed by atoms with Gasteiger partial charge in [-0.05, 0) is 18.2 Å². The second kappa shape index (κ2) is 7.11. The van der Waals surface area contributed by atoms with Crippen LogP contribution < -0.4 is 4.74 Å². The van der Waals surface area contributed by atoms with E-state index in [4.69, 9.17) is 9.15 Å². The Morgan fingerprint density at radius 2 is 1.96 bits per heavy atom. The molecule has 3 aromatic rings. The summed E-state index contributed by atoms with van der Waals surface area (Å²) in [5.41, 5.74) is 1.45. The number of thioether (sulfide) groups is 1. The molecule has 116 valence electrons. The average molecular weight is 326 g/mol. The van der Waals surface area contributed by atoms with Crippen molar-refractivity contribution >= 4 is 17.5 Å². The van der Waals surface area contributed by atoms with Crippen molar-refractivity contribution in [2.75, 3.05) is 12.9 Å². The lowest BCUT2D eigenvalue weighted by atomic mass is 10.2. The van der Waals surface area contributed by atoms with Gasteiger partial charge in [0.1, 0.15) is 5.75 Å². The molecule has 0 aliphatic carbocycles. The number of Topliss-reactive ketones (excluding diaryl/α,β-unsaturated/α-hetero) is 1. The summed E-state index contributed by atoms with van der Waals surface area (Å²) in [6.45, 7) is 0. The van der Waals surface area contributed by atoms with E-state index in [9.17, 15) is 4.79 Å². The molecule has 5 nitrogen and oxygen atoms in total. The lowest BCUT2D eigenvalue weighted by Crippen LogP contribution is -2.01. The molecule has 3 rings (SSSR count). The van der Waals surface area contributed by atoms with Crippen LogP contribution in [0.15, 0.2) is 64.2 Å². The summed E-state index contributed by atoms with van der Waals surface area (Å²) in [6, 6.07) is 16.5. The minimum atomic E-state index is 0.0248. The SMILES string of the molecule is COc1cccc(-c2nnc(SCC(=O)c3ccccc3)o2)c1. The summed E-state index contributed by atoms with van der Waals surface area (Å²) >= 11 is 1.23. The molecule has 0 spiro atoms. The quantitative estimate of drug-likeness (QED) is 0.508. The van der Waals surface area contributed by atoms with E-state index in [2.05, 4.69) is 10.2 Å². The first kappa shape index (κ1) is 15.3. The highest BCUT2D eigenvalue weighted by Crippen LogP contribution is 2.26. The monoisotopic (exact) mass is 326 g/mol. The molecule has 0 aliphatic heterocycles. The van der Waals surface area contributed by atoms with E-state index in [1.165, 1.54) is 11.8 Å². The van der Waals surface area contributed by atoms with Crippen LogP contribution in [0, 0.1) is 0 Å². The largest absolute Gasteiger partial charge is 0.497 e. The van der Waals surface area contributed by atoms with E-state index in [-0.39, 0.29) is 11.5 Å². The van der Waals surface area contributed by atoms with Crippen molar-refractivity contribution in [3.63, 3.8) is 0 Å². The Kier molecular flexibility index (Phi) is 4.73. The van der Waals surface area contributed by atoms with Gasteiger partial charge in [-0.3, -0.25) is 4.79 Å². The number of rotatable bonds is 6. The number of aromatic nitrogens is 2. The van der Waals surface area contributed by atoms with Crippen LogP contribution in [0.5, 0.6) is 5.75 Å². The summed E-state index contributed by atoms with van der Waals surface area (Å²) in [4.78, 5) is 12.1. The molecule has 0 unspecified atom stereocenters. The Balaban J connectivity index is 1.66. The molecular formula is C17H14N2O3S. The summed E-state index contributed by atoms with van der Waals surface area (Å²) < 4.78 is 10.8. The zero-order valence-corrected chi connectivity index (χ0v) is 13.2. The highest BCUT2D eigenvalue weighted by atomic mass is 32.2. The predicted molar refractivity (Wildman–Crippen MR) is 87.8 cm³/mol. The molecule has 0 radical (unpaired) electrons. The third-order valence-electron chi connectivity index (χ3n) is 3.15. The van der Waals surface area contributed by atoms with Crippen molar-refractivity contribution in [2.45, 2.75) is 5.22 Å². The number of ketones is 1. The van der Waals surface area contributed by atoms with Gasteiger partial charge in [0.15, 0.2) is 5.78 Å². The number of ether oxygens (including phenoxy) is 1. The van der Waals surface area contributed by atoms with Gasteiger partial charge in [0.2, 0.25) is 5.89 Å². The topological polar surface area (TPSA) is 65.2 Å². The Hall–Kier alpha value is -2.60. The summed E-state index contributed by atoms with van der Waals surface area (Å²) in [6.07, 6.45) is 0. The van der Waals surface area contributed by atoms with Gasteiger partial charge in [-0.25, -0.2) is 0 Å². The highest BCUT2D eigenvalue weighted by Gasteiger charge is 2.12. The highest BCUT2D eigenvalue weighted by molar-refractivity contribution is 7.99. The van der Waals surface area contributed by atoms with Crippen LogP contribution in [0.25, 0.3) is 11.5 Å². The van der Waals surface area contributed by atoms with Crippen LogP contribution in [0.4, 0.5) is 0 Å². The van der Waals surface area contributed by atoms with Gasteiger partial charge in [0, 0.05) is 11.1 Å². The lowest BCUT2D eigenvalue weighted by Gasteiger charge is -2.00. The maximum atomic E-state index is 12.1. The normalized spacial score (nSPS) is 10.5. The van der Waals surface area contributed by atoms with Gasteiger partial charge in [-0.1, -0.05) is 48.2 Å². The third-order valence-corrected chi connectivity index (χ3v) is 3.96. The van der Waals surface area contributed by atoms with E-state index >= 15 is 0 Å². The van der Waals surface area contributed by atoms with E-state index in [1.54, 1.807) is 19.2 Å². The molecule has 0 fully saturated rings. The summed E-state index contributed by atoms with van der Waals surface area (Å²) in [5.74, 6) is 1.40. The van der Waals surface area contributed by atoms with Crippen molar-refractivity contribution in [3.05, 3.63) is 60.2 Å². The van der Waals surface area contributed by atoms with Crippen molar-refractivity contribution in [3.8, 4) is 17.2 Å². The first-order valence-corrected chi connectivity index (χ1v) is 7.94. The number of hydrogen-bond acceptors (Lipinski definition) is 6. The van der Waals surface area contributed by atoms with E-state index in [0.29, 0.717) is 22.4 Å². The number of nitrogens with zero attached hydrogens (tertiary/aromatic N) is 2. The van der Waals surface area contributed by atoms with E-state index in [1.807, 2.05) is 42.5 Å². The Labute approximate surface area is 137 Å². The molecule has 2 aromatic carbocycles. The van der Waals surface area contributed by atoms with Gasteiger partial charge in [-0.2, -0.15) is 0 Å². The fourth-order valence-corrected chi connectivity index (χ4v) is 2.63. The van der Waals surface area contributed by atoms with Gasteiger partial charge in [0.25, 0.3) is 5.22 Å². The molecule has 23 heavy (non-hydrogen) atoms. The maximum absolute atomic E-state index is 12.1. The number of hydrogen-bond donors (Lipinski definition) is 0. The number of carbonyl (C=O) groups excluding carboxylic acids is 1. The molecule has 0 bridgehead atoms. The molecule has 0 amide bonds. The number of benzene rings is 2. The third kappa shape index (κ3) is 3.78. The van der Waals surface area contributed by atoms with Gasteiger partial charge in [-0.15, -0.1) is 10.2 Å². The Morgan fingerprint density at radius 3 is 2.74 bits per heavy atom. The van der Waals surface area contributed by atoms with Crippen molar-refractivity contribution in [2.24, 2.45) is 0 Å². The molecule has 1 heterocycles. The van der Waals surface area contributed by atoms with Crippen LogP contribution in [-0.2, 0) is 0 Å². The summed E-state index contributed by atoms with van der Waals surface area (Å²) in [5, 5.41) is 8.34. The summed E-state index contributed by atoms with van der Waals surface area (Å²) in [7, 11) is 1.60. The number of methoxy groups -OCH3 is 1. The number of carbonyl (C=O) groups is 1. The van der Waals surface area contributed by atoms with Crippen molar-refractivity contribution < 1.29 is 13.9 Å². The predicted octanol–water partition coefficient (Wildman–Crippen LogP) is 3.72. The van der Waals surface area contributed by atoms with Gasteiger partial charge >= 0.3 is 0 Å². The molecule has 0 saturated carbocycles. The Bertz CT molecular complexity index is 802. The molecule has 0 atom stereocenters. The molecule has 0 aliphatic rings. The molecular weight excluding hydrogens is 312 g/mol. The van der Waals surface area contributed by atoms with E-state index in [0.717, 1.165) is 5.56 Å². The first-order valence-electron chi connectivity index (χ1n) is 6.95. The van der Waals surface area contributed by atoms with Crippen LogP contribution >= 0.6 is 11.8 Å². The Morgan fingerprint density at radius 1 is 1.13 bits per heavy atom. The molecule has 0 saturated heterocycles. The van der Waals surface area contributed by atoms with E-state index < -0.39 is 0 Å². The van der Waals surface area contributed by atoms with Crippen LogP contribution in [0.2, 0.25) is 0 Å². The second-order valence-electron chi connectivity index (χ2n) is 4.68. The van der Waals surface area contributed by atoms with Crippen LogP contribution in [0.3, 0.4) is 0 Å². The minimum Gasteiger partial charge on any atom is -0.497 e. The fourth-order valence-electron chi connectivity index (χ4n) is 1.98. The second-order valence-corrected chi connectivity index (χ2v) is 5.61. The van der Waals surface area contributed by atoms with Crippen molar-refractivity contribution in [1.82, 2.24) is 10.2 Å². The van der Waals surface area contributed by atoms with Crippen LogP contribution in [0.1, 0.15) is 10.4 Å². The lowest BCUT2D eigenvalue weighted by molar-refractivity contribution is 0.102. The van der Waals surface area contributed by atoms with Crippen molar-refractivity contribution in [1.29, 1.82) is 0 Å². The molecule has 1 aromatic heterocycles. The van der Waals surface area contributed by atoms with Gasteiger partial charge in [0.05, 0.1) is 12.9 Å². The van der Waals surface area contributed by atoms with Crippen LogP contribution in [-0.4, -0.2) is 28.8 Å². The smallest absolute Gasteiger partial charge is 0.277 e.